The number of carbonyl (C=O) groups excluding carboxylic acids is 1. The number of rotatable bonds is 6. The summed E-state index contributed by atoms with van der Waals surface area (Å²) in [5.74, 6) is -0.219. The van der Waals surface area contributed by atoms with E-state index < -0.39 is 16.1 Å². The number of hydrogen-bond donors (Lipinski definition) is 1. The second-order valence-electron chi connectivity index (χ2n) is 7.53. The SMILES string of the molecule is Cc1cc(C)c(S(=O)(=O)NC(Cc2ccccc2)C(=O)N2CCOCC2)c(C)c1. The van der Waals surface area contributed by atoms with Crippen LogP contribution in [0.25, 0.3) is 0 Å². The third kappa shape index (κ3) is 5.23. The molecule has 0 aliphatic carbocycles. The van der Waals surface area contributed by atoms with Crippen LogP contribution in [0.2, 0.25) is 0 Å². The summed E-state index contributed by atoms with van der Waals surface area (Å²) in [6, 6.07) is 12.3. The minimum absolute atomic E-state index is 0.219. The molecule has 0 bridgehead atoms. The van der Waals surface area contributed by atoms with E-state index in [0.29, 0.717) is 43.9 Å². The summed E-state index contributed by atoms with van der Waals surface area (Å²) in [5, 5.41) is 0. The van der Waals surface area contributed by atoms with Gasteiger partial charge in [-0.1, -0.05) is 48.0 Å². The third-order valence-electron chi connectivity index (χ3n) is 5.07. The highest BCUT2D eigenvalue weighted by Gasteiger charge is 2.31. The molecule has 1 saturated heterocycles. The van der Waals surface area contributed by atoms with Gasteiger partial charge in [-0.25, -0.2) is 8.42 Å². The van der Waals surface area contributed by atoms with Gasteiger partial charge in [-0.15, -0.1) is 0 Å². The summed E-state index contributed by atoms with van der Waals surface area (Å²) in [6.07, 6.45) is 0.292. The van der Waals surface area contributed by atoms with Crippen molar-refractivity contribution in [2.45, 2.75) is 38.1 Å². The van der Waals surface area contributed by atoms with Crippen molar-refractivity contribution in [3.63, 3.8) is 0 Å². The standard InChI is InChI=1S/C22H28N2O4S/c1-16-13-17(2)21(18(3)14-16)29(26,27)23-20(15-19-7-5-4-6-8-19)22(25)24-9-11-28-12-10-24/h4-8,13-14,20,23H,9-12,15H2,1-3H3. The Hall–Kier alpha value is -2.22. The quantitative estimate of drug-likeness (QED) is 0.784. The molecule has 1 aliphatic rings. The fraction of sp³-hybridized carbons (Fsp3) is 0.409. The lowest BCUT2D eigenvalue weighted by atomic mass is 10.1. The Balaban J connectivity index is 1.92. The Bertz CT molecular complexity index is 945. The largest absolute Gasteiger partial charge is 0.378 e. The maximum atomic E-state index is 13.3. The van der Waals surface area contributed by atoms with Crippen LogP contribution in [-0.4, -0.2) is 51.6 Å². The summed E-state index contributed by atoms with van der Waals surface area (Å²) < 4.78 is 34.6. The molecule has 1 unspecified atom stereocenters. The van der Waals surface area contributed by atoms with Crippen LogP contribution < -0.4 is 4.72 Å². The highest BCUT2D eigenvalue weighted by atomic mass is 32.2. The zero-order valence-electron chi connectivity index (χ0n) is 17.1. The Morgan fingerprint density at radius 3 is 2.24 bits per heavy atom. The molecule has 1 N–H and O–H groups in total. The molecule has 1 amide bonds. The van der Waals surface area contributed by atoms with Crippen LogP contribution in [-0.2, 0) is 26.0 Å². The van der Waals surface area contributed by atoms with Crippen LogP contribution in [0.1, 0.15) is 22.3 Å². The van der Waals surface area contributed by atoms with Crippen molar-refractivity contribution in [3.05, 3.63) is 64.7 Å². The van der Waals surface area contributed by atoms with Crippen molar-refractivity contribution in [2.75, 3.05) is 26.3 Å². The lowest BCUT2D eigenvalue weighted by Gasteiger charge is -2.31. The van der Waals surface area contributed by atoms with Gasteiger partial charge in [0.1, 0.15) is 6.04 Å². The number of amides is 1. The van der Waals surface area contributed by atoms with E-state index in [2.05, 4.69) is 4.72 Å². The van der Waals surface area contributed by atoms with Gasteiger partial charge in [0.2, 0.25) is 15.9 Å². The van der Waals surface area contributed by atoms with Crippen molar-refractivity contribution < 1.29 is 17.9 Å². The van der Waals surface area contributed by atoms with Gasteiger partial charge in [-0.3, -0.25) is 4.79 Å². The summed E-state index contributed by atoms with van der Waals surface area (Å²) in [7, 11) is -3.87. The van der Waals surface area contributed by atoms with Crippen LogP contribution >= 0.6 is 0 Å². The smallest absolute Gasteiger partial charge is 0.241 e. The number of hydrogen-bond acceptors (Lipinski definition) is 4. The average molecular weight is 417 g/mol. The first-order valence-electron chi connectivity index (χ1n) is 9.78. The highest BCUT2D eigenvalue weighted by Crippen LogP contribution is 2.22. The molecule has 0 aromatic heterocycles. The van der Waals surface area contributed by atoms with Crippen LogP contribution in [0.3, 0.4) is 0 Å². The molecular weight excluding hydrogens is 388 g/mol. The van der Waals surface area contributed by atoms with Gasteiger partial charge in [0, 0.05) is 13.1 Å². The van der Waals surface area contributed by atoms with E-state index in [4.69, 9.17) is 4.74 Å². The number of sulfonamides is 1. The van der Waals surface area contributed by atoms with Gasteiger partial charge in [-0.2, -0.15) is 4.72 Å². The molecule has 1 heterocycles. The summed E-state index contributed by atoms with van der Waals surface area (Å²) >= 11 is 0. The van der Waals surface area contributed by atoms with E-state index in [9.17, 15) is 13.2 Å². The molecular formula is C22H28N2O4S. The van der Waals surface area contributed by atoms with Crippen LogP contribution in [0, 0.1) is 20.8 Å². The molecule has 2 aromatic carbocycles. The molecule has 0 saturated carbocycles. The summed E-state index contributed by atoms with van der Waals surface area (Å²) in [6.45, 7) is 7.36. The zero-order valence-corrected chi connectivity index (χ0v) is 18.0. The van der Waals surface area contributed by atoms with Crippen molar-refractivity contribution in [2.24, 2.45) is 0 Å². The summed E-state index contributed by atoms with van der Waals surface area (Å²) in [5.41, 5.74) is 3.25. The van der Waals surface area contributed by atoms with Crippen molar-refractivity contribution in [1.82, 2.24) is 9.62 Å². The number of nitrogens with one attached hydrogen (secondary N) is 1. The molecule has 0 spiro atoms. The van der Waals surface area contributed by atoms with Crippen LogP contribution in [0.15, 0.2) is 47.4 Å². The second kappa shape index (κ2) is 9.07. The van der Waals surface area contributed by atoms with E-state index in [1.165, 1.54) is 0 Å². The number of benzene rings is 2. The minimum Gasteiger partial charge on any atom is -0.378 e. The van der Waals surface area contributed by atoms with Crippen LogP contribution in [0.4, 0.5) is 0 Å². The number of aryl methyl sites for hydroxylation is 3. The first-order chi connectivity index (χ1) is 13.8. The van der Waals surface area contributed by atoms with Gasteiger partial charge in [-0.05, 0) is 43.9 Å². The minimum atomic E-state index is -3.87. The predicted octanol–water partition coefficient (Wildman–Crippen LogP) is 2.36. The first kappa shape index (κ1) is 21.5. The molecule has 29 heavy (non-hydrogen) atoms. The monoisotopic (exact) mass is 416 g/mol. The van der Waals surface area contributed by atoms with Crippen LogP contribution in [0.5, 0.6) is 0 Å². The number of carbonyl (C=O) groups is 1. The van der Waals surface area contributed by atoms with Gasteiger partial charge >= 0.3 is 0 Å². The van der Waals surface area contributed by atoms with Crippen molar-refractivity contribution in [1.29, 1.82) is 0 Å². The van der Waals surface area contributed by atoms with E-state index in [0.717, 1.165) is 11.1 Å². The Morgan fingerprint density at radius 2 is 1.66 bits per heavy atom. The van der Waals surface area contributed by atoms with Crippen molar-refractivity contribution in [3.8, 4) is 0 Å². The first-order valence-corrected chi connectivity index (χ1v) is 11.3. The summed E-state index contributed by atoms with van der Waals surface area (Å²) in [4.78, 5) is 15.1. The molecule has 0 radical (unpaired) electrons. The maximum Gasteiger partial charge on any atom is 0.241 e. The molecule has 7 heteroatoms. The Kier molecular flexibility index (Phi) is 6.72. The molecule has 2 aromatic rings. The molecule has 1 fully saturated rings. The Labute approximate surface area is 172 Å². The molecule has 6 nitrogen and oxygen atoms in total. The van der Waals surface area contributed by atoms with Gasteiger partial charge in [0.15, 0.2) is 0 Å². The second-order valence-corrected chi connectivity index (χ2v) is 9.18. The highest BCUT2D eigenvalue weighted by molar-refractivity contribution is 7.89. The predicted molar refractivity (Wildman–Crippen MR) is 112 cm³/mol. The van der Waals surface area contributed by atoms with Gasteiger partial charge in [0.25, 0.3) is 0 Å². The lowest BCUT2D eigenvalue weighted by Crippen LogP contribution is -2.52. The normalized spacial score (nSPS) is 15.9. The third-order valence-corrected chi connectivity index (χ3v) is 6.85. The molecule has 156 valence electrons. The fourth-order valence-corrected chi connectivity index (χ4v) is 5.51. The fourth-order valence-electron chi connectivity index (χ4n) is 3.87. The van der Waals surface area contributed by atoms with Crippen molar-refractivity contribution >= 4 is 15.9 Å². The average Bonchev–Trinajstić information content (AvgIpc) is 2.67. The Morgan fingerprint density at radius 1 is 1.07 bits per heavy atom. The van der Waals surface area contributed by atoms with E-state index in [-0.39, 0.29) is 10.8 Å². The topological polar surface area (TPSA) is 75.7 Å². The van der Waals surface area contributed by atoms with E-state index in [1.54, 1.807) is 18.7 Å². The molecule has 1 aliphatic heterocycles. The van der Waals surface area contributed by atoms with Gasteiger partial charge < -0.3 is 9.64 Å². The van der Waals surface area contributed by atoms with E-state index in [1.807, 2.05) is 49.4 Å². The maximum absolute atomic E-state index is 13.3. The molecule has 3 rings (SSSR count). The molecule has 1 atom stereocenters. The van der Waals surface area contributed by atoms with E-state index >= 15 is 0 Å². The number of morpholine rings is 1. The number of ether oxygens (including phenoxy) is 1. The lowest BCUT2D eigenvalue weighted by molar-refractivity contribution is -0.137. The number of nitrogens with zero attached hydrogens (tertiary/aromatic N) is 1. The van der Waals surface area contributed by atoms with Gasteiger partial charge in [0.05, 0.1) is 18.1 Å². The zero-order chi connectivity index (χ0) is 21.0.